The molecule has 0 bridgehead atoms. The molecule has 4 aromatic rings. The fourth-order valence-corrected chi connectivity index (χ4v) is 5.23. The summed E-state index contributed by atoms with van der Waals surface area (Å²) >= 11 is 0. The molecule has 1 N–H and O–H groups in total. The number of pyridine rings is 1. The maximum absolute atomic E-state index is 14.2. The van der Waals surface area contributed by atoms with Crippen LogP contribution in [0.5, 0.6) is 0 Å². The van der Waals surface area contributed by atoms with Crippen molar-refractivity contribution in [1.82, 2.24) is 9.88 Å². The number of hydrogen-bond acceptors (Lipinski definition) is 6. The summed E-state index contributed by atoms with van der Waals surface area (Å²) in [4.78, 5) is 62.9. The van der Waals surface area contributed by atoms with Crippen molar-refractivity contribution < 1.29 is 19.2 Å². The van der Waals surface area contributed by atoms with Gasteiger partial charge in [0, 0.05) is 44.4 Å². The van der Waals surface area contributed by atoms with E-state index in [4.69, 9.17) is 0 Å². The first kappa shape index (κ1) is 30.2. The van der Waals surface area contributed by atoms with E-state index in [-0.39, 0.29) is 18.0 Å². The lowest BCUT2D eigenvalue weighted by atomic mass is 9.97. The SMILES string of the molecule is CC(C)c1ccc(C(C(=O)Nc2ccc(N(C)C)cc2)N(Cc2cccnc2)C(=O)CN2C(=O)C(=O)c3ccccc32)cc1. The average molecular weight is 590 g/mol. The van der Waals surface area contributed by atoms with Gasteiger partial charge in [0.15, 0.2) is 0 Å². The highest BCUT2D eigenvalue weighted by Crippen LogP contribution is 2.31. The molecule has 0 radical (unpaired) electrons. The Morgan fingerprint density at radius 3 is 2.18 bits per heavy atom. The molecule has 5 rings (SSSR count). The van der Waals surface area contributed by atoms with Crippen molar-refractivity contribution in [3.8, 4) is 0 Å². The Labute approximate surface area is 257 Å². The number of anilines is 3. The summed E-state index contributed by atoms with van der Waals surface area (Å²) in [5, 5.41) is 2.99. The molecular formula is C35H35N5O4. The molecule has 1 atom stereocenters. The van der Waals surface area contributed by atoms with Gasteiger partial charge in [-0.3, -0.25) is 29.1 Å². The maximum Gasteiger partial charge on any atom is 0.299 e. The summed E-state index contributed by atoms with van der Waals surface area (Å²) in [7, 11) is 3.87. The number of hydrogen-bond donors (Lipinski definition) is 1. The van der Waals surface area contributed by atoms with Gasteiger partial charge in [0.2, 0.25) is 5.91 Å². The molecule has 44 heavy (non-hydrogen) atoms. The Hall–Kier alpha value is -5.31. The minimum atomic E-state index is -1.05. The highest BCUT2D eigenvalue weighted by atomic mass is 16.2. The summed E-state index contributed by atoms with van der Waals surface area (Å²) in [6, 6.07) is 24.2. The predicted octanol–water partition coefficient (Wildman–Crippen LogP) is 5.21. The number of rotatable bonds is 10. The highest BCUT2D eigenvalue weighted by molar-refractivity contribution is 6.52. The number of amides is 3. The third-order valence-electron chi connectivity index (χ3n) is 7.70. The van der Waals surface area contributed by atoms with E-state index in [2.05, 4.69) is 24.1 Å². The molecule has 0 saturated heterocycles. The van der Waals surface area contributed by atoms with Crippen LogP contribution >= 0.6 is 0 Å². The van der Waals surface area contributed by atoms with Gasteiger partial charge in [-0.15, -0.1) is 0 Å². The molecule has 1 aliphatic heterocycles. The number of fused-ring (bicyclic) bond motifs is 1. The summed E-state index contributed by atoms with van der Waals surface area (Å²) in [5.74, 6) is -2.07. The smallest absolute Gasteiger partial charge is 0.299 e. The van der Waals surface area contributed by atoms with Crippen LogP contribution in [0.4, 0.5) is 17.1 Å². The van der Waals surface area contributed by atoms with Gasteiger partial charge in [-0.05, 0) is 65.1 Å². The van der Waals surface area contributed by atoms with Crippen molar-refractivity contribution in [2.75, 3.05) is 35.8 Å². The standard InChI is InChI=1S/C35H35N5O4/c1-23(2)25-11-13-26(14-12-25)32(34(43)37-27-15-17-28(18-16-27)38(3)4)40(21-24-8-7-19-36-20-24)31(41)22-39-30-10-6-5-9-29(30)33(42)35(39)44/h5-20,23,32H,21-22H2,1-4H3,(H,37,43). The lowest BCUT2D eigenvalue weighted by Gasteiger charge is -2.33. The topological polar surface area (TPSA) is 103 Å². The van der Waals surface area contributed by atoms with Crippen LogP contribution in [0.1, 0.15) is 52.9 Å². The Balaban J connectivity index is 1.54. The van der Waals surface area contributed by atoms with Crippen LogP contribution in [0.3, 0.4) is 0 Å². The van der Waals surface area contributed by atoms with E-state index in [9.17, 15) is 19.2 Å². The van der Waals surface area contributed by atoms with Crippen LogP contribution < -0.4 is 15.1 Å². The van der Waals surface area contributed by atoms with Gasteiger partial charge in [0.25, 0.3) is 17.6 Å². The number of carbonyl (C=O) groups excluding carboxylic acids is 4. The predicted molar refractivity (Wildman–Crippen MR) is 171 cm³/mol. The molecule has 3 aromatic carbocycles. The first-order valence-electron chi connectivity index (χ1n) is 14.5. The lowest BCUT2D eigenvalue weighted by molar-refractivity contribution is -0.139. The molecule has 3 amide bonds. The number of aromatic nitrogens is 1. The lowest BCUT2D eigenvalue weighted by Crippen LogP contribution is -2.46. The minimum absolute atomic E-state index is 0.0495. The van der Waals surface area contributed by atoms with Gasteiger partial charge in [-0.25, -0.2) is 0 Å². The summed E-state index contributed by atoms with van der Waals surface area (Å²) in [6.45, 7) is 3.81. The van der Waals surface area contributed by atoms with Gasteiger partial charge >= 0.3 is 0 Å². The first-order valence-corrected chi connectivity index (χ1v) is 14.5. The number of benzene rings is 3. The van der Waals surface area contributed by atoms with Gasteiger partial charge in [-0.1, -0.05) is 56.3 Å². The number of nitrogens with one attached hydrogen (secondary N) is 1. The summed E-state index contributed by atoms with van der Waals surface area (Å²) < 4.78 is 0. The molecule has 224 valence electrons. The Kier molecular flexibility index (Phi) is 8.85. The van der Waals surface area contributed by atoms with Gasteiger partial charge < -0.3 is 15.1 Å². The van der Waals surface area contributed by atoms with Crippen LogP contribution in [-0.4, -0.2) is 54.0 Å². The number of ketones is 1. The number of para-hydroxylation sites is 1. The van der Waals surface area contributed by atoms with E-state index in [1.54, 1.807) is 42.7 Å². The largest absolute Gasteiger partial charge is 0.378 e. The minimum Gasteiger partial charge on any atom is -0.378 e. The first-order chi connectivity index (χ1) is 21.1. The molecule has 1 unspecified atom stereocenters. The van der Waals surface area contributed by atoms with Crippen molar-refractivity contribution >= 4 is 40.6 Å². The molecule has 1 aliphatic rings. The third kappa shape index (κ3) is 6.36. The van der Waals surface area contributed by atoms with Crippen molar-refractivity contribution in [3.63, 3.8) is 0 Å². The Morgan fingerprint density at radius 2 is 1.55 bits per heavy atom. The number of Topliss-reactive ketones (excluding diaryl/α,β-unsaturated/α-hetero) is 1. The average Bonchev–Trinajstić information content (AvgIpc) is 3.26. The van der Waals surface area contributed by atoms with Crippen molar-refractivity contribution in [2.45, 2.75) is 32.4 Å². The van der Waals surface area contributed by atoms with E-state index >= 15 is 0 Å². The zero-order valence-corrected chi connectivity index (χ0v) is 25.2. The van der Waals surface area contributed by atoms with Crippen LogP contribution in [0.15, 0.2) is 97.3 Å². The summed E-state index contributed by atoms with van der Waals surface area (Å²) in [6.07, 6.45) is 3.27. The van der Waals surface area contributed by atoms with Crippen LogP contribution in [0.2, 0.25) is 0 Å². The molecule has 0 aliphatic carbocycles. The van der Waals surface area contributed by atoms with E-state index in [1.807, 2.05) is 73.6 Å². The van der Waals surface area contributed by atoms with Crippen molar-refractivity contribution in [3.05, 3.63) is 120 Å². The molecular weight excluding hydrogens is 554 g/mol. The zero-order chi connectivity index (χ0) is 31.4. The molecule has 0 saturated carbocycles. The second kappa shape index (κ2) is 12.9. The fourth-order valence-electron chi connectivity index (χ4n) is 5.23. The fraction of sp³-hybridized carbons (Fsp3) is 0.229. The van der Waals surface area contributed by atoms with Gasteiger partial charge in [0.1, 0.15) is 12.6 Å². The molecule has 2 heterocycles. The molecule has 1 aromatic heterocycles. The van der Waals surface area contributed by atoms with Crippen LogP contribution in [0.25, 0.3) is 0 Å². The van der Waals surface area contributed by atoms with Gasteiger partial charge in [-0.2, -0.15) is 0 Å². The van der Waals surface area contributed by atoms with Crippen LogP contribution in [-0.2, 0) is 20.9 Å². The normalized spacial score (nSPS) is 13.1. The maximum atomic E-state index is 14.2. The van der Waals surface area contributed by atoms with Gasteiger partial charge in [0.05, 0.1) is 11.3 Å². The second-order valence-corrected chi connectivity index (χ2v) is 11.3. The van der Waals surface area contributed by atoms with E-state index in [0.29, 0.717) is 22.5 Å². The second-order valence-electron chi connectivity index (χ2n) is 11.3. The quantitative estimate of drug-likeness (QED) is 0.255. The Morgan fingerprint density at radius 1 is 0.864 bits per heavy atom. The molecule has 9 heteroatoms. The summed E-state index contributed by atoms with van der Waals surface area (Å²) in [5.41, 5.74) is 4.59. The van der Waals surface area contributed by atoms with E-state index in [0.717, 1.165) is 11.3 Å². The van der Waals surface area contributed by atoms with E-state index in [1.165, 1.54) is 9.80 Å². The zero-order valence-electron chi connectivity index (χ0n) is 25.2. The van der Waals surface area contributed by atoms with E-state index < -0.39 is 36.1 Å². The number of carbonyl (C=O) groups is 4. The molecule has 9 nitrogen and oxygen atoms in total. The molecule has 0 spiro atoms. The Bertz CT molecular complexity index is 1670. The van der Waals surface area contributed by atoms with Crippen molar-refractivity contribution in [2.24, 2.45) is 0 Å². The monoisotopic (exact) mass is 589 g/mol. The van der Waals surface area contributed by atoms with Crippen LogP contribution in [0, 0.1) is 0 Å². The van der Waals surface area contributed by atoms with Crippen molar-refractivity contribution in [1.29, 1.82) is 0 Å². The highest BCUT2D eigenvalue weighted by Gasteiger charge is 2.39. The number of nitrogens with zero attached hydrogens (tertiary/aromatic N) is 4. The third-order valence-corrected chi connectivity index (χ3v) is 7.70. The molecule has 0 fully saturated rings.